The normalized spacial score (nSPS) is 24.9. The van der Waals surface area contributed by atoms with Crippen LogP contribution in [-0.2, 0) is 0 Å². The summed E-state index contributed by atoms with van der Waals surface area (Å²) in [6, 6.07) is 10.8. The van der Waals surface area contributed by atoms with Crippen molar-refractivity contribution < 1.29 is 4.74 Å². The van der Waals surface area contributed by atoms with Gasteiger partial charge < -0.3 is 10.1 Å². The van der Waals surface area contributed by atoms with Crippen LogP contribution in [0.1, 0.15) is 19.3 Å². The number of hydrogen-bond donors (Lipinski definition) is 1. The SMILES string of the molecule is c1ccc(OCCN2CCCNC(C3CC3)C2)cc1. The molecule has 2 aliphatic rings. The van der Waals surface area contributed by atoms with E-state index in [1.165, 1.54) is 38.9 Å². The number of ether oxygens (including phenoxy) is 1. The zero-order valence-corrected chi connectivity index (χ0v) is 11.6. The van der Waals surface area contributed by atoms with Gasteiger partial charge in [0.1, 0.15) is 12.4 Å². The summed E-state index contributed by atoms with van der Waals surface area (Å²) in [5, 5.41) is 3.70. The van der Waals surface area contributed by atoms with E-state index in [1.807, 2.05) is 30.3 Å². The van der Waals surface area contributed by atoms with Gasteiger partial charge >= 0.3 is 0 Å². The van der Waals surface area contributed by atoms with Crippen LogP contribution in [0.2, 0.25) is 0 Å². The minimum atomic E-state index is 0.722. The molecule has 1 saturated heterocycles. The van der Waals surface area contributed by atoms with Gasteiger partial charge in [-0.2, -0.15) is 0 Å². The predicted octanol–water partition coefficient (Wildman–Crippen LogP) is 2.14. The van der Waals surface area contributed by atoms with Crippen molar-refractivity contribution in [1.82, 2.24) is 10.2 Å². The Morgan fingerprint density at radius 1 is 1.21 bits per heavy atom. The summed E-state index contributed by atoms with van der Waals surface area (Å²) < 4.78 is 5.80. The van der Waals surface area contributed by atoms with E-state index in [-0.39, 0.29) is 0 Å². The van der Waals surface area contributed by atoms with Crippen LogP contribution in [0.3, 0.4) is 0 Å². The van der Waals surface area contributed by atoms with Crippen LogP contribution in [-0.4, -0.2) is 43.7 Å². The molecule has 1 aromatic carbocycles. The first kappa shape index (κ1) is 12.9. The van der Waals surface area contributed by atoms with Crippen molar-refractivity contribution in [2.24, 2.45) is 5.92 Å². The molecule has 0 radical (unpaired) electrons. The molecule has 3 rings (SSSR count). The summed E-state index contributed by atoms with van der Waals surface area (Å²) in [7, 11) is 0. The molecule has 0 aromatic heterocycles. The van der Waals surface area contributed by atoms with E-state index in [2.05, 4.69) is 10.2 Å². The molecule has 0 spiro atoms. The zero-order valence-electron chi connectivity index (χ0n) is 11.6. The van der Waals surface area contributed by atoms with Gasteiger partial charge in [0.05, 0.1) is 0 Å². The Bertz CT molecular complexity index is 378. The summed E-state index contributed by atoms with van der Waals surface area (Å²) in [6.45, 7) is 5.41. The van der Waals surface area contributed by atoms with E-state index in [0.717, 1.165) is 30.9 Å². The molecule has 1 atom stereocenters. The van der Waals surface area contributed by atoms with E-state index in [0.29, 0.717) is 0 Å². The molecule has 1 unspecified atom stereocenters. The highest BCUT2D eigenvalue weighted by atomic mass is 16.5. The number of benzene rings is 1. The number of para-hydroxylation sites is 1. The minimum Gasteiger partial charge on any atom is -0.492 e. The van der Waals surface area contributed by atoms with Crippen molar-refractivity contribution in [3.8, 4) is 5.75 Å². The quantitative estimate of drug-likeness (QED) is 0.878. The summed E-state index contributed by atoms with van der Waals surface area (Å²) in [4.78, 5) is 2.56. The highest BCUT2D eigenvalue weighted by molar-refractivity contribution is 5.20. The predicted molar refractivity (Wildman–Crippen MR) is 77.5 cm³/mol. The van der Waals surface area contributed by atoms with Crippen molar-refractivity contribution >= 4 is 0 Å². The average Bonchev–Trinajstić information content (AvgIpc) is 3.27. The Hall–Kier alpha value is -1.06. The molecule has 3 heteroatoms. The molecule has 1 heterocycles. The van der Waals surface area contributed by atoms with Gasteiger partial charge in [0.15, 0.2) is 0 Å². The fraction of sp³-hybridized carbons (Fsp3) is 0.625. The van der Waals surface area contributed by atoms with Gasteiger partial charge in [0.25, 0.3) is 0 Å². The van der Waals surface area contributed by atoms with Crippen molar-refractivity contribution in [2.75, 3.05) is 32.8 Å². The number of nitrogens with one attached hydrogen (secondary N) is 1. The third-order valence-corrected chi connectivity index (χ3v) is 4.12. The summed E-state index contributed by atoms with van der Waals surface area (Å²) >= 11 is 0. The Balaban J connectivity index is 1.43. The molecule has 1 saturated carbocycles. The van der Waals surface area contributed by atoms with Crippen molar-refractivity contribution in [2.45, 2.75) is 25.3 Å². The summed E-state index contributed by atoms with van der Waals surface area (Å²) in [5.41, 5.74) is 0. The maximum atomic E-state index is 5.80. The molecule has 2 fully saturated rings. The fourth-order valence-electron chi connectivity index (χ4n) is 2.85. The molecular weight excluding hydrogens is 236 g/mol. The van der Waals surface area contributed by atoms with Crippen LogP contribution in [0, 0.1) is 5.92 Å². The van der Waals surface area contributed by atoms with E-state index in [9.17, 15) is 0 Å². The lowest BCUT2D eigenvalue weighted by molar-refractivity contribution is 0.202. The number of hydrogen-bond acceptors (Lipinski definition) is 3. The zero-order chi connectivity index (χ0) is 12.9. The second-order valence-corrected chi connectivity index (χ2v) is 5.71. The van der Waals surface area contributed by atoms with Gasteiger partial charge in [-0.1, -0.05) is 18.2 Å². The molecule has 1 aliphatic heterocycles. The monoisotopic (exact) mass is 260 g/mol. The van der Waals surface area contributed by atoms with Crippen LogP contribution in [0.25, 0.3) is 0 Å². The largest absolute Gasteiger partial charge is 0.492 e. The van der Waals surface area contributed by atoms with Crippen molar-refractivity contribution in [3.05, 3.63) is 30.3 Å². The van der Waals surface area contributed by atoms with Crippen LogP contribution in [0.15, 0.2) is 30.3 Å². The van der Waals surface area contributed by atoms with E-state index < -0.39 is 0 Å². The highest BCUT2D eigenvalue weighted by Crippen LogP contribution is 2.33. The van der Waals surface area contributed by atoms with Gasteiger partial charge in [-0.25, -0.2) is 0 Å². The first-order valence-corrected chi connectivity index (χ1v) is 7.55. The van der Waals surface area contributed by atoms with E-state index in [4.69, 9.17) is 4.74 Å². The molecule has 1 aromatic rings. The maximum absolute atomic E-state index is 5.80. The van der Waals surface area contributed by atoms with Crippen LogP contribution >= 0.6 is 0 Å². The first-order valence-electron chi connectivity index (χ1n) is 7.55. The average molecular weight is 260 g/mol. The highest BCUT2D eigenvalue weighted by Gasteiger charge is 2.32. The molecule has 3 nitrogen and oxygen atoms in total. The maximum Gasteiger partial charge on any atom is 0.119 e. The molecule has 19 heavy (non-hydrogen) atoms. The lowest BCUT2D eigenvalue weighted by atomic mass is 10.2. The van der Waals surface area contributed by atoms with E-state index >= 15 is 0 Å². The number of rotatable bonds is 5. The standard InChI is InChI=1S/C16H24N2O/c1-2-5-15(6-3-1)19-12-11-18-10-4-9-17-16(13-18)14-7-8-14/h1-3,5-6,14,16-17H,4,7-13H2. The van der Waals surface area contributed by atoms with Gasteiger partial charge in [0, 0.05) is 19.1 Å². The number of nitrogens with zero attached hydrogens (tertiary/aromatic N) is 1. The smallest absolute Gasteiger partial charge is 0.119 e. The molecule has 1 N–H and O–H groups in total. The Morgan fingerprint density at radius 2 is 2.05 bits per heavy atom. The molecule has 0 bridgehead atoms. The van der Waals surface area contributed by atoms with E-state index in [1.54, 1.807) is 0 Å². The topological polar surface area (TPSA) is 24.5 Å². The van der Waals surface area contributed by atoms with Crippen molar-refractivity contribution in [1.29, 1.82) is 0 Å². The van der Waals surface area contributed by atoms with Gasteiger partial charge in [-0.15, -0.1) is 0 Å². The molecule has 0 amide bonds. The molecular formula is C16H24N2O. The second-order valence-electron chi connectivity index (χ2n) is 5.71. The Labute approximate surface area is 115 Å². The lowest BCUT2D eigenvalue weighted by Crippen LogP contribution is -2.40. The second kappa shape index (κ2) is 6.40. The van der Waals surface area contributed by atoms with Crippen LogP contribution in [0.4, 0.5) is 0 Å². The van der Waals surface area contributed by atoms with Crippen LogP contribution in [0.5, 0.6) is 5.75 Å². The van der Waals surface area contributed by atoms with Gasteiger partial charge in [0.2, 0.25) is 0 Å². The third kappa shape index (κ3) is 3.95. The first-order chi connectivity index (χ1) is 9.42. The van der Waals surface area contributed by atoms with Gasteiger partial charge in [-0.05, 0) is 50.4 Å². The van der Waals surface area contributed by atoms with Crippen LogP contribution < -0.4 is 10.1 Å². The molecule has 104 valence electrons. The summed E-state index contributed by atoms with van der Waals surface area (Å²) in [5.74, 6) is 1.92. The third-order valence-electron chi connectivity index (χ3n) is 4.12. The Kier molecular flexibility index (Phi) is 4.36. The molecule has 1 aliphatic carbocycles. The minimum absolute atomic E-state index is 0.722. The summed E-state index contributed by atoms with van der Waals surface area (Å²) in [6.07, 6.45) is 4.10. The Morgan fingerprint density at radius 3 is 2.84 bits per heavy atom. The van der Waals surface area contributed by atoms with Gasteiger partial charge in [-0.3, -0.25) is 4.90 Å². The lowest BCUT2D eigenvalue weighted by Gasteiger charge is -2.24. The van der Waals surface area contributed by atoms with Crippen molar-refractivity contribution in [3.63, 3.8) is 0 Å². The fourth-order valence-corrected chi connectivity index (χ4v) is 2.85.